The second-order valence-corrected chi connectivity index (χ2v) is 6.26. The second kappa shape index (κ2) is 5.88. The lowest BCUT2D eigenvalue weighted by molar-refractivity contribution is -0.137. The van der Waals surface area contributed by atoms with Crippen molar-refractivity contribution >= 4 is 34.4 Å². The molecule has 9 heteroatoms. The van der Waals surface area contributed by atoms with Crippen molar-refractivity contribution in [1.29, 1.82) is 0 Å². The van der Waals surface area contributed by atoms with Crippen LogP contribution in [0.2, 0.25) is 0 Å². The Morgan fingerprint density at radius 3 is 2.91 bits per heavy atom. The second-order valence-electron chi connectivity index (χ2n) is 5.09. The Labute approximate surface area is 133 Å². The Hall–Kier alpha value is -2.03. The molecule has 1 N–H and O–H groups in total. The molecule has 1 saturated heterocycles. The van der Waals surface area contributed by atoms with Crippen LogP contribution < -0.4 is 5.32 Å². The van der Waals surface area contributed by atoms with Gasteiger partial charge in [0.15, 0.2) is 5.17 Å². The number of nitrogens with zero attached hydrogens (tertiary/aromatic N) is 2. The predicted molar refractivity (Wildman–Crippen MR) is 80.1 cm³/mol. The van der Waals surface area contributed by atoms with Gasteiger partial charge >= 0.3 is 6.18 Å². The highest BCUT2D eigenvalue weighted by molar-refractivity contribution is 8.15. The third kappa shape index (κ3) is 3.34. The first kappa shape index (κ1) is 15.9. The molecule has 0 aromatic heterocycles. The van der Waals surface area contributed by atoms with Crippen molar-refractivity contribution in [3.63, 3.8) is 0 Å². The lowest BCUT2D eigenvalue weighted by atomic mass is 10.2. The number of alkyl halides is 3. The topological polar surface area (TPSA) is 61.8 Å². The average Bonchev–Trinajstić information content (AvgIpc) is 3.03. The number of hydrogen-bond acceptors (Lipinski definition) is 4. The van der Waals surface area contributed by atoms with Crippen molar-refractivity contribution in [2.45, 2.75) is 17.8 Å². The standard InChI is InChI=1S/C14H12F3N3O2S/c15-14(16,17)8-2-1-3-9(6-8)19-11(21)7-10-12(22)20-5-4-18-13(20)23-10/h1-3,6,10H,4-5,7H2,(H,19,21)/t10-/m0/s1. The molecule has 0 unspecified atom stereocenters. The largest absolute Gasteiger partial charge is 0.416 e. The molecular weight excluding hydrogens is 331 g/mol. The number of benzene rings is 1. The number of thioether (sulfide) groups is 1. The molecule has 2 heterocycles. The van der Waals surface area contributed by atoms with Gasteiger partial charge in [-0.2, -0.15) is 13.2 Å². The van der Waals surface area contributed by atoms with Crippen LogP contribution in [-0.4, -0.2) is 40.2 Å². The molecule has 3 rings (SSSR count). The van der Waals surface area contributed by atoms with Crippen LogP contribution in [0.3, 0.4) is 0 Å². The minimum absolute atomic E-state index is 0.0538. The maximum atomic E-state index is 12.6. The molecular formula is C14H12F3N3O2S. The zero-order valence-corrected chi connectivity index (χ0v) is 12.6. The number of nitrogens with one attached hydrogen (secondary N) is 1. The highest BCUT2D eigenvalue weighted by atomic mass is 32.2. The summed E-state index contributed by atoms with van der Waals surface area (Å²) in [6, 6.07) is 4.39. The highest BCUT2D eigenvalue weighted by Crippen LogP contribution is 2.33. The normalized spacial score (nSPS) is 20.5. The molecule has 23 heavy (non-hydrogen) atoms. The van der Waals surface area contributed by atoms with Gasteiger partial charge in [-0.25, -0.2) is 0 Å². The molecule has 1 aromatic carbocycles. The number of amides is 2. The van der Waals surface area contributed by atoms with Gasteiger partial charge in [0.1, 0.15) is 5.25 Å². The number of hydrogen-bond donors (Lipinski definition) is 1. The van der Waals surface area contributed by atoms with Crippen LogP contribution in [0.15, 0.2) is 29.3 Å². The molecule has 0 saturated carbocycles. The van der Waals surface area contributed by atoms with Gasteiger partial charge in [-0.1, -0.05) is 17.8 Å². The van der Waals surface area contributed by atoms with Gasteiger partial charge in [0, 0.05) is 18.7 Å². The number of halogens is 3. The molecule has 1 fully saturated rings. The minimum atomic E-state index is -4.47. The summed E-state index contributed by atoms with van der Waals surface area (Å²) in [5, 5.41) is 2.45. The van der Waals surface area contributed by atoms with Gasteiger partial charge in [-0.05, 0) is 18.2 Å². The molecule has 5 nitrogen and oxygen atoms in total. The summed E-state index contributed by atoms with van der Waals surface area (Å²) in [4.78, 5) is 29.7. The van der Waals surface area contributed by atoms with Crippen LogP contribution >= 0.6 is 11.8 Å². The van der Waals surface area contributed by atoms with Crippen LogP contribution in [0.1, 0.15) is 12.0 Å². The minimum Gasteiger partial charge on any atom is -0.326 e. The fourth-order valence-corrected chi connectivity index (χ4v) is 3.56. The van der Waals surface area contributed by atoms with Crippen molar-refractivity contribution in [3.8, 4) is 0 Å². The van der Waals surface area contributed by atoms with Crippen molar-refractivity contribution in [1.82, 2.24) is 4.90 Å². The van der Waals surface area contributed by atoms with Crippen molar-refractivity contribution < 1.29 is 22.8 Å². The molecule has 2 amide bonds. The first-order chi connectivity index (χ1) is 10.8. The van der Waals surface area contributed by atoms with Gasteiger partial charge in [0.05, 0.1) is 12.1 Å². The summed E-state index contributed by atoms with van der Waals surface area (Å²) in [6.45, 7) is 1.09. The van der Waals surface area contributed by atoms with Crippen molar-refractivity contribution in [2.75, 3.05) is 18.4 Å². The van der Waals surface area contributed by atoms with Crippen LogP contribution in [0.25, 0.3) is 0 Å². The molecule has 122 valence electrons. The SMILES string of the molecule is O=C(C[C@@H]1SC2=NCCN2C1=O)Nc1cccc(C(F)(F)F)c1. The number of carbonyl (C=O) groups excluding carboxylic acids is 2. The van der Waals surface area contributed by atoms with Gasteiger partial charge in [0.2, 0.25) is 11.8 Å². The number of anilines is 1. The first-order valence-corrected chi connectivity index (χ1v) is 7.72. The number of carbonyl (C=O) groups is 2. The number of rotatable bonds is 3. The maximum absolute atomic E-state index is 12.6. The van der Waals surface area contributed by atoms with E-state index in [0.717, 1.165) is 12.1 Å². The summed E-state index contributed by atoms with van der Waals surface area (Å²) < 4.78 is 37.9. The quantitative estimate of drug-likeness (QED) is 0.916. The highest BCUT2D eigenvalue weighted by Gasteiger charge is 2.40. The number of aliphatic imine (C=N–C) groups is 1. The van der Waals surface area contributed by atoms with E-state index in [-0.39, 0.29) is 18.0 Å². The summed E-state index contributed by atoms with van der Waals surface area (Å²) in [5.74, 6) is -0.678. The lowest BCUT2D eigenvalue weighted by Crippen LogP contribution is -2.32. The van der Waals surface area contributed by atoms with Crippen LogP contribution in [0, 0.1) is 0 Å². The molecule has 0 spiro atoms. The van der Waals surface area contributed by atoms with E-state index in [1.165, 1.54) is 28.8 Å². The third-order valence-electron chi connectivity index (χ3n) is 3.44. The number of fused-ring (bicyclic) bond motifs is 1. The van der Waals surface area contributed by atoms with E-state index in [2.05, 4.69) is 10.3 Å². The lowest BCUT2D eigenvalue weighted by Gasteiger charge is -2.12. The van der Waals surface area contributed by atoms with Crippen LogP contribution in [0.5, 0.6) is 0 Å². The summed E-state index contributed by atoms with van der Waals surface area (Å²) in [6.07, 6.45) is -4.57. The van der Waals surface area contributed by atoms with Crippen LogP contribution in [-0.2, 0) is 15.8 Å². The third-order valence-corrected chi connectivity index (χ3v) is 4.65. The summed E-state index contributed by atoms with van der Waals surface area (Å²) in [5.41, 5.74) is -0.783. The fourth-order valence-electron chi connectivity index (χ4n) is 2.37. The fraction of sp³-hybridized carbons (Fsp3) is 0.357. The first-order valence-electron chi connectivity index (χ1n) is 6.84. The molecule has 0 radical (unpaired) electrons. The Morgan fingerprint density at radius 1 is 1.43 bits per heavy atom. The van der Waals surface area contributed by atoms with Gasteiger partial charge in [-0.15, -0.1) is 0 Å². The van der Waals surface area contributed by atoms with Crippen molar-refractivity contribution in [2.24, 2.45) is 4.99 Å². The van der Waals surface area contributed by atoms with E-state index < -0.39 is 22.9 Å². The van der Waals surface area contributed by atoms with Crippen LogP contribution in [0.4, 0.5) is 18.9 Å². The average molecular weight is 343 g/mol. The van der Waals surface area contributed by atoms with E-state index in [1.54, 1.807) is 0 Å². The Balaban J connectivity index is 1.63. The smallest absolute Gasteiger partial charge is 0.326 e. The Kier molecular flexibility index (Phi) is 4.05. The Bertz CT molecular complexity index is 690. The van der Waals surface area contributed by atoms with Crippen molar-refractivity contribution in [3.05, 3.63) is 29.8 Å². The van der Waals surface area contributed by atoms with Gasteiger partial charge in [-0.3, -0.25) is 19.5 Å². The molecule has 2 aliphatic rings. The Morgan fingerprint density at radius 2 is 2.22 bits per heavy atom. The predicted octanol–water partition coefficient (Wildman–Crippen LogP) is 2.35. The maximum Gasteiger partial charge on any atom is 0.416 e. The van der Waals surface area contributed by atoms with E-state index >= 15 is 0 Å². The van der Waals surface area contributed by atoms with E-state index in [9.17, 15) is 22.8 Å². The summed E-state index contributed by atoms with van der Waals surface area (Å²) in [7, 11) is 0. The molecule has 1 atom stereocenters. The zero-order valence-electron chi connectivity index (χ0n) is 11.8. The van der Waals surface area contributed by atoms with E-state index in [0.29, 0.717) is 18.3 Å². The molecule has 2 aliphatic heterocycles. The monoisotopic (exact) mass is 343 g/mol. The van der Waals surface area contributed by atoms with E-state index in [1.807, 2.05) is 0 Å². The number of amidine groups is 1. The van der Waals surface area contributed by atoms with Gasteiger partial charge < -0.3 is 5.32 Å². The van der Waals surface area contributed by atoms with E-state index in [4.69, 9.17) is 0 Å². The zero-order chi connectivity index (χ0) is 16.6. The van der Waals surface area contributed by atoms with Gasteiger partial charge in [0.25, 0.3) is 0 Å². The molecule has 0 aliphatic carbocycles. The molecule has 1 aromatic rings. The summed E-state index contributed by atoms with van der Waals surface area (Å²) >= 11 is 1.22. The molecule has 0 bridgehead atoms.